The van der Waals surface area contributed by atoms with Crippen LogP contribution in [0.15, 0.2) is 57.9 Å². The van der Waals surface area contributed by atoms with E-state index in [-0.39, 0.29) is 11.6 Å². The summed E-state index contributed by atoms with van der Waals surface area (Å²) in [4.78, 5) is 34.1. The molecule has 0 bridgehead atoms. The number of hydrogen-bond donors (Lipinski definition) is 1. The van der Waals surface area contributed by atoms with E-state index in [0.29, 0.717) is 59.2 Å². The molecule has 32 heavy (non-hydrogen) atoms. The third-order valence-corrected chi connectivity index (χ3v) is 6.13. The Balaban J connectivity index is 1.28. The second-order valence-electron chi connectivity index (χ2n) is 7.14. The van der Waals surface area contributed by atoms with Crippen molar-refractivity contribution < 1.29 is 13.9 Å². The SMILES string of the molecule is COc1ccccc1NC(=O)N1CCN(c2cc(=O)n3nc(-c4ccco4)sc3n2)CC1. The van der Waals surface area contributed by atoms with E-state index >= 15 is 0 Å². The third-order valence-electron chi connectivity index (χ3n) is 5.20. The van der Waals surface area contributed by atoms with E-state index in [1.807, 2.05) is 17.0 Å². The molecular formula is C21H20N6O4S. The zero-order valence-electron chi connectivity index (χ0n) is 17.2. The average Bonchev–Trinajstić information content (AvgIpc) is 3.50. The van der Waals surface area contributed by atoms with Crippen molar-refractivity contribution in [3.8, 4) is 16.5 Å². The van der Waals surface area contributed by atoms with Crippen molar-refractivity contribution >= 4 is 33.8 Å². The highest BCUT2D eigenvalue weighted by Crippen LogP contribution is 2.26. The van der Waals surface area contributed by atoms with Crippen LogP contribution in [0.5, 0.6) is 5.75 Å². The van der Waals surface area contributed by atoms with Crippen molar-refractivity contribution in [1.82, 2.24) is 19.5 Å². The fourth-order valence-electron chi connectivity index (χ4n) is 3.54. The lowest BCUT2D eigenvalue weighted by molar-refractivity contribution is 0.208. The summed E-state index contributed by atoms with van der Waals surface area (Å²) < 4.78 is 11.9. The van der Waals surface area contributed by atoms with Gasteiger partial charge in [0.25, 0.3) is 5.56 Å². The van der Waals surface area contributed by atoms with Gasteiger partial charge in [-0.25, -0.2) is 9.78 Å². The highest BCUT2D eigenvalue weighted by molar-refractivity contribution is 7.19. The lowest BCUT2D eigenvalue weighted by Crippen LogP contribution is -2.50. The summed E-state index contributed by atoms with van der Waals surface area (Å²) in [7, 11) is 1.57. The maximum absolute atomic E-state index is 12.7. The first-order valence-electron chi connectivity index (χ1n) is 10.0. The molecule has 1 fully saturated rings. The van der Waals surface area contributed by atoms with Crippen LogP contribution in [0.3, 0.4) is 0 Å². The molecule has 1 N–H and O–H groups in total. The molecule has 4 aromatic rings. The van der Waals surface area contributed by atoms with Gasteiger partial charge in [-0.3, -0.25) is 4.79 Å². The summed E-state index contributed by atoms with van der Waals surface area (Å²) in [6.07, 6.45) is 1.56. The second kappa shape index (κ2) is 8.35. The van der Waals surface area contributed by atoms with Crippen LogP contribution >= 0.6 is 11.3 Å². The zero-order chi connectivity index (χ0) is 22.1. The van der Waals surface area contributed by atoms with Crippen molar-refractivity contribution in [1.29, 1.82) is 0 Å². The van der Waals surface area contributed by atoms with Crippen molar-refractivity contribution in [3.63, 3.8) is 0 Å². The maximum Gasteiger partial charge on any atom is 0.322 e. The number of fused-ring (bicyclic) bond motifs is 1. The van der Waals surface area contributed by atoms with E-state index in [2.05, 4.69) is 15.4 Å². The van der Waals surface area contributed by atoms with Crippen LogP contribution in [0.25, 0.3) is 15.7 Å². The van der Waals surface area contributed by atoms with Crippen LogP contribution in [0, 0.1) is 0 Å². The molecule has 4 heterocycles. The second-order valence-corrected chi connectivity index (χ2v) is 8.09. The van der Waals surface area contributed by atoms with Crippen LogP contribution in [0.2, 0.25) is 0 Å². The standard InChI is InChI=1S/C21H20N6O4S/c1-30-15-6-3-2-5-14(15)22-20(29)26-10-8-25(9-11-26)17-13-18(28)27-21(23-17)32-19(24-27)16-7-4-12-31-16/h2-7,12-13H,8-11H2,1H3,(H,22,29). The number of amides is 2. The Labute approximate surface area is 186 Å². The molecular weight excluding hydrogens is 432 g/mol. The normalized spacial score (nSPS) is 14.0. The number of furan rings is 1. The van der Waals surface area contributed by atoms with Gasteiger partial charge in [-0.2, -0.15) is 4.52 Å². The minimum Gasteiger partial charge on any atom is -0.495 e. The Hall–Kier alpha value is -3.86. The predicted octanol–water partition coefficient (Wildman–Crippen LogP) is 2.77. The van der Waals surface area contributed by atoms with Gasteiger partial charge in [0.1, 0.15) is 11.6 Å². The number of carbonyl (C=O) groups excluding carboxylic acids is 1. The van der Waals surface area contributed by atoms with E-state index < -0.39 is 0 Å². The van der Waals surface area contributed by atoms with Crippen LogP contribution in [0.1, 0.15) is 0 Å². The zero-order valence-corrected chi connectivity index (χ0v) is 18.0. The van der Waals surface area contributed by atoms with Crippen molar-refractivity contribution in [2.45, 2.75) is 0 Å². The number of piperazine rings is 1. The van der Waals surface area contributed by atoms with Gasteiger partial charge < -0.3 is 24.3 Å². The topological polar surface area (TPSA) is 105 Å². The molecule has 10 nitrogen and oxygen atoms in total. The molecule has 11 heteroatoms. The molecule has 0 aliphatic carbocycles. The van der Waals surface area contributed by atoms with Crippen LogP contribution < -0.4 is 20.5 Å². The summed E-state index contributed by atoms with van der Waals surface area (Å²) in [5.74, 6) is 1.78. The summed E-state index contributed by atoms with van der Waals surface area (Å²) in [6, 6.07) is 12.1. The number of benzene rings is 1. The molecule has 1 aromatic carbocycles. The lowest BCUT2D eigenvalue weighted by atomic mass is 10.3. The van der Waals surface area contributed by atoms with Crippen LogP contribution in [0.4, 0.5) is 16.3 Å². The van der Waals surface area contributed by atoms with Gasteiger partial charge >= 0.3 is 6.03 Å². The van der Waals surface area contributed by atoms with Crippen molar-refractivity contribution in [2.24, 2.45) is 0 Å². The number of nitrogens with zero attached hydrogens (tertiary/aromatic N) is 5. The lowest BCUT2D eigenvalue weighted by Gasteiger charge is -2.35. The van der Waals surface area contributed by atoms with Gasteiger partial charge in [0.2, 0.25) is 4.96 Å². The number of urea groups is 1. The summed E-state index contributed by atoms with van der Waals surface area (Å²) in [6.45, 7) is 2.13. The average molecular weight is 452 g/mol. The first-order valence-corrected chi connectivity index (χ1v) is 10.8. The molecule has 164 valence electrons. The minimum atomic E-state index is -0.254. The first kappa shape index (κ1) is 20.1. The van der Waals surface area contributed by atoms with E-state index in [0.717, 1.165) is 0 Å². The Morgan fingerprint density at radius 2 is 1.97 bits per heavy atom. The Kier molecular flexibility index (Phi) is 5.23. The van der Waals surface area contributed by atoms with E-state index in [9.17, 15) is 9.59 Å². The Bertz CT molecular complexity index is 1310. The summed E-state index contributed by atoms with van der Waals surface area (Å²) in [5, 5.41) is 7.79. The Morgan fingerprint density at radius 1 is 1.16 bits per heavy atom. The molecule has 5 rings (SSSR count). The highest BCUT2D eigenvalue weighted by Gasteiger charge is 2.24. The molecule has 1 aliphatic rings. The van der Waals surface area contributed by atoms with Gasteiger partial charge in [-0.1, -0.05) is 23.5 Å². The number of anilines is 2. The van der Waals surface area contributed by atoms with Gasteiger partial charge in [0.15, 0.2) is 10.8 Å². The maximum atomic E-state index is 12.7. The van der Waals surface area contributed by atoms with Crippen LogP contribution in [-0.2, 0) is 0 Å². The number of aromatic nitrogens is 3. The number of methoxy groups -OCH3 is 1. The fraction of sp³-hybridized carbons (Fsp3) is 0.238. The molecule has 0 radical (unpaired) electrons. The molecule has 0 unspecified atom stereocenters. The van der Waals surface area contributed by atoms with Crippen LogP contribution in [-0.4, -0.2) is 58.8 Å². The highest BCUT2D eigenvalue weighted by atomic mass is 32.1. The summed E-state index contributed by atoms with van der Waals surface area (Å²) >= 11 is 1.29. The molecule has 1 aliphatic heterocycles. The quantitative estimate of drug-likeness (QED) is 0.508. The van der Waals surface area contributed by atoms with E-state index in [4.69, 9.17) is 9.15 Å². The van der Waals surface area contributed by atoms with Crippen molar-refractivity contribution in [3.05, 3.63) is 59.1 Å². The predicted molar refractivity (Wildman–Crippen MR) is 121 cm³/mol. The number of rotatable bonds is 4. The largest absolute Gasteiger partial charge is 0.495 e. The summed E-state index contributed by atoms with van der Waals surface area (Å²) in [5.41, 5.74) is 0.371. The first-order chi connectivity index (χ1) is 15.6. The molecule has 2 amide bonds. The van der Waals surface area contributed by atoms with Gasteiger partial charge in [0.05, 0.1) is 19.1 Å². The number of nitrogens with one attached hydrogen (secondary N) is 1. The number of ether oxygens (including phenoxy) is 1. The van der Waals surface area contributed by atoms with Gasteiger partial charge in [0, 0.05) is 32.2 Å². The number of para-hydroxylation sites is 2. The third kappa shape index (κ3) is 3.78. The van der Waals surface area contributed by atoms with Gasteiger partial charge in [-0.15, -0.1) is 5.10 Å². The number of carbonyl (C=O) groups is 1. The van der Waals surface area contributed by atoms with Gasteiger partial charge in [-0.05, 0) is 24.3 Å². The monoisotopic (exact) mass is 452 g/mol. The fourth-order valence-corrected chi connectivity index (χ4v) is 4.41. The minimum absolute atomic E-state index is 0.192. The molecule has 0 spiro atoms. The van der Waals surface area contributed by atoms with Crippen molar-refractivity contribution in [2.75, 3.05) is 43.5 Å². The molecule has 0 atom stereocenters. The smallest absolute Gasteiger partial charge is 0.322 e. The van der Waals surface area contributed by atoms with E-state index in [1.54, 1.807) is 42.5 Å². The number of hydrogen-bond acceptors (Lipinski definition) is 8. The molecule has 0 saturated carbocycles. The Morgan fingerprint density at radius 3 is 2.72 bits per heavy atom. The molecule has 3 aromatic heterocycles. The van der Waals surface area contributed by atoms with E-state index in [1.165, 1.54) is 21.9 Å². The molecule has 1 saturated heterocycles.